The zero-order valence-corrected chi connectivity index (χ0v) is 14.8. The fraction of sp³-hybridized carbons (Fsp3) is 0.412. The van der Waals surface area contributed by atoms with Crippen molar-refractivity contribution in [1.82, 2.24) is 25.0 Å². The normalized spacial score (nSPS) is 11.0. The Morgan fingerprint density at radius 1 is 1.15 bits per heavy atom. The Kier molecular flexibility index (Phi) is 6.29. The van der Waals surface area contributed by atoms with Gasteiger partial charge in [-0.1, -0.05) is 5.21 Å². The molecule has 0 saturated carbocycles. The number of nitrogens with zero attached hydrogens (tertiary/aromatic N) is 5. The third kappa shape index (κ3) is 4.44. The molecule has 0 bridgehead atoms. The number of ether oxygens (including phenoxy) is 2. The minimum atomic E-state index is 0.538. The molecule has 0 radical (unpaired) electrons. The Bertz CT molecular complexity index is 820. The largest absolute Gasteiger partial charge is 0.497 e. The summed E-state index contributed by atoms with van der Waals surface area (Å²) in [4.78, 5) is 8.80. The lowest BCUT2D eigenvalue weighted by atomic mass is 10.3. The number of rotatable bonds is 10. The highest BCUT2D eigenvalue weighted by Gasteiger charge is 2.10. The lowest BCUT2D eigenvalue weighted by Gasteiger charge is -2.06. The van der Waals surface area contributed by atoms with Crippen LogP contribution in [0.15, 0.2) is 30.5 Å². The first kappa shape index (κ1) is 18.0. The van der Waals surface area contributed by atoms with Gasteiger partial charge in [0.15, 0.2) is 11.2 Å². The highest BCUT2D eigenvalue weighted by Crippen LogP contribution is 2.18. The molecule has 0 aliphatic carbocycles. The summed E-state index contributed by atoms with van der Waals surface area (Å²) < 4.78 is 12.3. The topological polar surface area (TPSA) is 113 Å². The Morgan fingerprint density at radius 2 is 1.96 bits per heavy atom. The number of benzene rings is 1. The summed E-state index contributed by atoms with van der Waals surface area (Å²) in [6.45, 7) is 2.76. The summed E-state index contributed by atoms with van der Waals surface area (Å²) in [5, 5.41) is 11.5. The van der Waals surface area contributed by atoms with Gasteiger partial charge in [-0.3, -0.25) is 0 Å². The second-order valence-electron chi connectivity index (χ2n) is 5.64. The van der Waals surface area contributed by atoms with E-state index in [1.165, 1.54) is 0 Å². The van der Waals surface area contributed by atoms with Gasteiger partial charge in [0.25, 0.3) is 0 Å². The van der Waals surface area contributed by atoms with E-state index in [-0.39, 0.29) is 0 Å². The number of anilines is 1. The lowest BCUT2D eigenvalue weighted by Crippen LogP contribution is -2.10. The van der Waals surface area contributed by atoms with Crippen LogP contribution < -0.4 is 15.8 Å². The molecule has 9 heteroatoms. The van der Waals surface area contributed by atoms with E-state index in [0.717, 1.165) is 30.8 Å². The van der Waals surface area contributed by atoms with Crippen molar-refractivity contribution in [2.24, 2.45) is 5.73 Å². The van der Waals surface area contributed by atoms with Crippen molar-refractivity contribution in [2.75, 3.05) is 38.7 Å². The second-order valence-corrected chi connectivity index (χ2v) is 5.64. The second kappa shape index (κ2) is 9.07. The average Bonchev–Trinajstić information content (AvgIpc) is 3.10. The van der Waals surface area contributed by atoms with Crippen LogP contribution >= 0.6 is 0 Å². The minimum Gasteiger partial charge on any atom is -0.497 e. The number of hydrogen-bond acceptors (Lipinski definition) is 8. The van der Waals surface area contributed by atoms with Gasteiger partial charge in [0.2, 0.25) is 5.95 Å². The van der Waals surface area contributed by atoms with E-state index < -0.39 is 0 Å². The predicted octanol–water partition coefficient (Wildman–Crippen LogP) is 1.39. The van der Waals surface area contributed by atoms with E-state index in [4.69, 9.17) is 15.2 Å². The van der Waals surface area contributed by atoms with Crippen LogP contribution in [0.4, 0.5) is 5.95 Å². The van der Waals surface area contributed by atoms with Crippen LogP contribution in [0.25, 0.3) is 16.9 Å². The van der Waals surface area contributed by atoms with Gasteiger partial charge in [-0.15, -0.1) is 5.10 Å². The molecule has 2 aromatic heterocycles. The summed E-state index contributed by atoms with van der Waals surface area (Å²) in [6.07, 6.45) is 3.41. The fourth-order valence-electron chi connectivity index (χ4n) is 2.37. The van der Waals surface area contributed by atoms with Crippen LogP contribution in [-0.4, -0.2) is 58.4 Å². The molecule has 1 aromatic carbocycles. The maximum absolute atomic E-state index is 5.47. The fourth-order valence-corrected chi connectivity index (χ4v) is 2.37. The molecule has 138 valence electrons. The van der Waals surface area contributed by atoms with Crippen molar-refractivity contribution in [3.05, 3.63) is 30.5 Å². The van der Waals surface area contributed by atoms with Crippen LogP contribution in [0.3, 0.4) is 0 Å². The maximum atomic E-state index is 5.47. The lowest BCUT2D eigenvalue weighted by molar-refractivity contribution is 0.133. The van der Waals surface area contributed by atoms with Crippen molar-refractivity contribution in [3.8, 4) is 11.4 Å². The molecular formula is C17H23N7O2. The quantitative estimate of drug-likeness (QED) is 0.523. The number of nitrogens with one attached hydrogen (secondary N) is 1. The number of hydrogen-bond donors (Lipinski definition) is 2. The SMILES string of the molecule is COc1ccc(-n2nnc3cnc(NCCCOCCCN)nc32)cc1. The van der Waals surface area contributed by atoms with Gasteiger partial charge >= 0.3 is 0 Å². The van der Waals surface area contributed by atoms with Gasteiger partial charge in [-0.05, 0) is 43.7 Å². The zero-order chi connectivity index (χ0) is 18.2. The smallest absolute Gasteiger partial charge is 0.224 e. The summed E-state index contributed by atoms with van der Waals surface area (Å²) in [7, 11) is 1.63. The maximum Gasteiger partial charge on any atom is 0.224 e. The molecule has 26 heavy (non-hydrogen) atoms. The standard InChI is InChI=1S/C17H23N7O2/c1-25-14-6-4-13(5-7-14)24-16-15(22-23-24)12-20-17(21-16)19-9-3-11-26-10-2-8-18/h4-7,12H,2-3,8-11,18H2,1H3,(H,19,20,21). The summed E-state index contributed by atoms with van der Waals surface area (Å²) in [5.41, 5.74) is 7.56. The van der Waals surface area contributed by atoms with Crippen LogP contribution in [0.2, 0.25) is 0 Å². The third-order valence-electron chi connectivity index (χ3n) is 3.75. The Balaban J connectivity index is 1.64. The van der Waals surface area contributed by atoms with E-state index in [1.807, 2.05) is 24.3 Å². The predicted molar refractivity (Wildman–Crippen MR) is 98.6 cm³/mol. The first-order valence-electron chi connectivity index (χ1n) is 8.56. The van der Waals surface area contributed by atoms with Crippen molar-refractivity contribution < 1.29 is 9.47 Å². The Hall–Kier alpha value is -2.78. The molecule has 2 heterocycles. The molecule has 3 aromatic rings. The summed E-state index contributed by atoms with van der Waals surface area (Å²) in [5.74, 6) is 1.32. The summed E-state index contributed by atoms with van der Waals surface area (Å²) in [6, 6.07) is 7.55. The van der Waals surface area contributed by atoms with Crippen LogP contribution in [0.1, 0.15) is 12.8 Å². The molecule has 3 N–H and O–H groups in total. The monoisotopic (exact) mass is 357 g/mol. The highest BCUT2D eigenvalue weighted by atomic mass is 16.5. The molecule has 0 aliphatic rings. The number of fused-ring (bicyclic) bond motifs is 1. The number of aromatic nitrogens is 5. The highest BCUT2D eigenvalue weighted by molar-refractivity contribution is 5.71. The zero-order valence-electron chi connectivity index (χ0n) is 14.8. The van der Waals surface area contributed by atoms with Crippen molar-refractivity contribution >= 4 is 17.1 Å². The summed E-state index contributed by atoms with van der Waals surface area (Å²) >= 11 is 0. The average molecular weight is 357 g/mol. The van der Waals surface area contributed by atoms with Gasteiger partial charge < -0.3 is 20.5 Å². The van der Waals surface area contributed by atoms with Gasteiger partial charge in [-0.25, -0.2) is 4.98 Å². The Labute approximate surface area is 151 Å². The number of methoxy groups -OCH3 is 1. The molecule has 0 fully saturated rings. The first-order chi connectivity index (χ1) is 12.8. The Morgan fingerprint density at radius 3 is 2.73 bits per heavy atom. The van der Waals surface area contributed by atoms with Crippen molar-refractivity contribution in [1.29, 1.82) is 0 Å². The third-order valence-corrected chi connectivity index (χ3v) is 3.75. The molecule has 0 atom stereocenters. The van der Waals surface area contributed by atoms with Crippen molar-refractivity contribution in [3.63, 3.8) is 0 Å². The number of nitrogens with two attached hydrogens (primary N) is 1. The molecule has 0 aliphatic heterocycles. The molecular weight excluding hydrogens is 334 g/mol. The molecule has 3 rings (SSSR count). The molecule has 0 amide bonds. The van der Waals surface area contributed by atoms with E-state index in [9.17, 15) is 0 Å². The van der Waals surface area contributed by atoms with E-state index in [0.29, 0.717) is 36.9 Å². The van der Waals surface area contributed by atoms with Gasteiger partial charge in [0, 0.05) is 19.8 Å². The first-order valence-corrected chi connectivity index (χ1v) is 8.56. The van der Waals surface area contributed by atoms with Crippen LogP contribution in [0, 0.1) is 0 Å². The van der Waals surface area contributed by atoms with E-state index in [2.05, 4.69) is 25.6 Å². The van der Waals surface area contributed by atoms with Crippen LogP contribution in [-0.2, 0) is 4.74 Å². The van der Waals surface area contributed by atoms with E-state index in [1.54, 1.807) is 18.0 Å². The van der Waals surface area contributed by atoms with Gasteiger partial charge in [0.1, 0.15) is 5.75 Å². The molecule has 0 unspecified atom stereocenters. The molecule has 9 nitrogen and oxygen atoms in total. The molecule has 0 saturated heterocycles. The minimum absolute atomic E-state index is 0.538. The van der Waals surface area contributed by atoms with Gasteiger partial charge in [0.05, 0.1) is 19.0 Å². The molecule has 0 spiro atoms. The van der Waals surface area contributed by atoms with E-state index >= 15 is 0 Å². The van der Waals surface area contributed by atoms with Gasteiger partial charge in [-0.2, -0.15) is 9.67 Å². The van der Waals surface area contributed by atoms with Crippen molar-refractivity contribution in [2.45, 2.75) is 12.8 Å². The van der Waals surface area contributed by atoms with Crippen LogP contribution in [0.5, 0.6) is 5.75 Å².